The van der Waals surface area contributed by atoms with Gasteiger partial charge < -0.3 is 9.80 Å². The molecule has 1 N–H and O–H groups in total. The Kier molecular flexibility index (Phi) is 8.42. The topological polar surface area (TPSA) is 52.7 Å². The minimum atomic E-state index is -0.263. The number of carbonyl (C=O) groups is 2. The molecule has 0 saturated carbocycles. The van der Waals surface area contributed by atoms with Gasteiger partial charge in [-0.05, 0) is 43.0 Å². The zero-order chi connectivity index (χ0) is 19.8. The van der Waals surface area contributed by atoms with Gasteiger partial charge in [-0.15, -0.1) is 0 Å². The normalized spacial score (nSPS) is 15.7. The first-order valence-corrected chi connectivity index (χ1v) is 10.4. The Bertz CT molecular complexity index is 610. The van der Waals surface area contributed by atoms with Crippen molar-refractivity contribution in [2.45, 2.75) is 46.5 Å². The standard InChI is InChI=1S/C21H32ClN3O2/c1-4-5-17(7-6-16(2)3)20(26)23-21(27)25-14-12-24(13-15-25)19-10-8-18(22)9-11-19/h8-11,16-17H,4-7,12-15H2,1-3H3,(H,23,26,27)/t17-/m0/s1. The minimum absolute atomic E-state index is 0.0725. The Balaban J connectivity index is 1.83. The van der Waals surface area contributed by atoms with Crippen molar-refractivity contribution in [3.63, 3.8) is 0 Å². The molecule has 0 aliphatic carbocycles. The number of hydrogen-bond donors (Lipinski definition) is 1. The van der Waals surface area contributed by atoms with Crippen molar-refractivity contribution in [2.24, 2.45) is 11.8 Å². The number of benzene rings is 1. The Hall–Kier alpha value is -1.75. The van der Waals surface area contributed by atoms with E-state index in [1.807, 2.05) is 24.3 Å². The Morgan fingerprint density at radius 2 is 1.67 bits per heavy atom. The summed E-state index contributed by atoms with van der Waals surface area (Å²) in [5.41, 5.74) is 1.10. The van der Waals surface area contributed by atoms with Crippen LogP contribution in [0.3, 0.4) is 0 Å². The number of anilines is 1. The Morgan fingerprint density at radius 3 is 2.22 bits per heavy atom. The number of rotatable bonds is 7. The first-order chi connectivity index (χ1) is 12.9. The Morgan fingerprint density at radius 1 is 1.04 bits per heavy atom. The maximum atomic E-state index is 12.5. The third-order valence-corrected chi connectivity index (χ3v) is 5.34. The van der Waals surface area contributed by atoms with Crippen LogP contribution in [-0.4, -0.2) is 43.0 Å². The second-order valence-corrected chi connectivity index (χ2v) is 8.14. The molecule has 2 rings (SSSR count). The number of carbonyl (C=O) groups excluding carboxylic acids is 2. The molecule has 1 aromatic rings. The lowest BCUT2D eigenvalue weighted by Gasteiger charge is -2.36. The molecule has 1 heterocycles. The summed E-state index contributed by atoms with van der Waals surface area (Å²) in [4.78, 5) is 29.0. The molecule has 27 heavy (non-hydrogen) atoms. The highest BCUT2D eigenvalue weighted by molar-refractivity contribution is 6.30. The van der Waals surface area contributed by atoms with Crippen LogP contribution < -0.4 is 10.2 Å². The van der Waals surface area contributed by atoms with Crippen molar-refractivity contribution in [3.05, 3.63) is 29.3 Å². The summed E-state index contributed by atoms with van der Waals surface area (Å²) in [5, 5.41) is 3.35. The first-order valence-electron chi connectivity index (χ1n) is 10.0. The lowest BCUT2D eigenvalue weighted by atomic mass is 9.93. The van der Waals surface area contributed by atoms with E-state index < -0.39 is 0 Å². The minimum Gasteiger partial charge on any atom is -0.368 e. The van der Waals surface area contributed by atoms with Gasteiger partial charge in [-0.25, -0.2) is 4.79 Å². The number of urea groups is 1. The first kappa shape index (κ1) is 21.5. The average Bonchev–Trinajstić information content (AvgIpc) is 2.65. The predicted molar refractivity (Wildman–Crippen MR) is 111 cm³/mol. The highest BCUT2D eigenvalue weighted by atomic mass is 35.5. The SMILES string of the molecule is CCC[C@@H](CCC(C)C)C(=O)NC(=O)N1CCN(c2ccc(Cl)cc2)CC1. The maximum absolute atomic E-state index is 12.5. The summed E-state index contributed by atoms with van der Waals surface area (Å²) in [6.45, 7) is 9.09. The lowest BCUT2D eigenvalue weighted by Crippen LogP contribution is -2.53. The lowest BCUT2D eigenvalue weighted by molar-refractivity contribution is -0.124. The van der Waals surface area contributed by atoms with Crippen molar-refractivity contribution in [1.29, 1.82) is 0 Å². The number of imide groups is 1. The fraction of sp³-hybridized carbons (Fsp3) is 0.619. The van der Waals surface area contributed by atoms with Crippen LogP contribution in [0.2, 0.25) is 5.02 Å². The summed E-state index contributed by atoms with van der Waals surface area (Å²) >= 11 is 5.94. The number of hydrogen-bond acceptors (Lipinski definition) is 3. The van der Waals surface area contributed by atoms with Gasteiger partial charge in [0.1, 0.15) is 0 Å². The summed E-state index contributed by atoms with van der Waals surface area (Å²) in [6, 6.07) is 7.47. The van der Waals surface area contributed by atoms with E-state index in [2.05, 4.69) is 31.0 Å². The van der Waals surface area contributed by atoms with Crippen LogP contribution in [0.5, 0.6) is 0 Å². The molecule has 1 aliphatic rings. The second-order valence-electron chi connectivity index (χ2n) is 7.70. The zero-order valence-electron chi connectivity index (χ0n) is 16.7. The van der Waals surface area contributed by atoms with Gasteiger partial charge in [0.15, 0.2) is 0 Å². The summed E-state index contributed by atoms with van der Waals surface area (Å²) < 4.78 is 0. The van der Waals surface area contributed by atoms with Crippen LogP contribution >= 0.6 is 11.6 Å². The fourth-order valence-electron chi connectivity index (χ4n) is 3.40. The van der Waals surface area contributed by atoms with Gasteiger partial charge in [0.25, 0.3) is 0 Å². The van der Waals surface area contributed by atoms with Crippen LogP contribution in [0.4, 0.5) is 10.5 Å². The maximum Gasteiger partial charge on any atom is 0.324 e. The van der Waals surface area contributed by atoms with E-state index in [-0.39, 0.29) is 17.9 Å². The van der Waals surface area contributed by atoms with E-state index in [0.717, 1.165) is 49.5 Å². The molecule has 150 valence electrons. The monoisotopic (exact) mass is 393 g/mol. The number of amides is 3. The van der Waals surface area contributed by atoms with Gasteiger partial charge in [0, 0.05) is 42.8 Å². The van der Waals surface area contributed by atoms with Crippen LogP contribution in [-0.2, 0) is 4.79 Å². The van der Waals surface area contributed by atoms with Crippen LogP contribution in [0.15, 0.2) is 24.3 Å². The number of halogens is 1. The average molecular weight is 394 g/mol. The van der Waals surface area contributed by atoms with E-state index in [0.29, 0.717) is 19.0 Å². The summed E-state index contributed by atoms with van der Waals surface area (Å²) in [6.07, 6.45) is 3.63. The molecule has 0 bridgehead atoms. The van der Waals surface area contributed by atoms with Crippen molar-refractivity contribution in [1.82, 2.24) is 10.2 Å². The largest absolute Gasteiger partial charge is 0.368 e. The molecule has 0 unspecified atom stereocenters. The molecule has 0 radical (unpaired) electrons. The third-order valence-electron chi connectivity index (χ3n) is 5.09. The smallest absolute Gasteiger partial charge is 0.324 e. The van der Waals surface area contributed by atoms with Gasteiger partial charge in [0.2, 0.25) is 5.91 Å². The summed E-state index contributed by atoms with van der Waals surface area (Å²) in [7, 11) is 0. The highest BCUT2D eigenvalue weighted by Crippen LogP contribution is 2.20. The Labute approximate surface area is 168 Å². The molecule has 6 heteroatoms. The molecule has 0 spiro atoms. The van der Waals surface area contributed by atoms with E-state index >= 15 is 0 Å². The molecule has 5 nitrogen and oxygen atoms in total. The zero-order valence-corrected chi connectivity index (χ0v) is 17.5. The van der Waals surface area contributed by atoms with E-state index in [1.54, 1.807) is 4.90 Å². The molecular formula is C21H32ClN3O2. The van der Waals surface area contributed by atoms with Crippen LogP contribution in [0.1, 0.15) is 46.5 Å². The van der Waals surface area contributed by atoms with Gasteiger partial charge in [-0.2, -0.15) is 0 Å². The molecule has 1 saturated heterocycles. The van der Waals surface area contributed by atoms with Crippen molar-refractivity contribution in [3.8, 4) is 0 Å². The molecule has 1 atom stereocenters. The fourth-order valence-corrected chi connectivity index (χ4v) is 3.52. The molecule has 1 fully saturated rings. The van der Waals surface area contributed by atoms with Gasteiger partial charge in [-0.3, -0.25) is 10.1 Å². The van der Waals surface area contributed by atoms with Crippen molar-refractivity contribution in [2.75, 3.05) is 31.1 Å². The van der Waals surface area contributed by atoms with E-state index in [4.69, 9.17) is 11.6 Å². The molecular weight excluding hydrogens is 362 g/mol. The third kappa shape index (κ3) is 6.73. The number of piperazine rings is 1. The number of nitrogens with zero attached hydrogens (tertiary/aromatic N) is 2. The highest BCUT2D eigenvalue weighted by Gasteiger charge is 2.25. The number of nitrogens with one attached hydrogen (secondary N) is 1. The van der Waals surface area contributed by atoms with Crippen molar-refractivity contribution >= 4 is 29.2 Å². The van der Waals surface area contributed by atoms with Gasteiger partial charge in [0.05, 0.1) is 0 Å². The van der Waals surface area contributed by atoms with Crippen molar-refractivity contribution < 1.29 is 9.59 Å². The van der Waals surface area contributed by atoms with Gasteiger partial charge in [-0.1, -0.05) is 45.2 Å². The molecule has 0 aromatic heterocycles. The van der Waals surface area contributed by atoms with Crippen LogP contribution in [0.25, 0.3) is 0 Å². The quantitative estimate of drug-likeness (QED) is 0.739. The predicted octanol–water partition coefficient (Wildman–Crippen LogP) is 4.55. The molecule has 3 amide bonds. The van der Waals surface area contributed by atoms with E-state index in [1.165, 1.54) is 0 Å². The molecule has 1 aromatic carbocycles. The second kappa shape index (κ2) is 10.5. The van der Waals surface area contributed by atoms with Gasteiger partial charge >= 0.3 is 6.03 Å². The van der Waals surface area contributed by atoms with E-state index in [9.17, 15) is 9.59 Å². The van der Waals surface area contributed by atoms with Crippen LogP contribution in [0, 0.1) is 11.8 Å². The summed E-state index contributed by atoms with van der Waals surface area (Å²) in [5.74, 6) is 0.369. The molecule has 1 aliphatic heterocycles.